The number of sulfonamides is 1. The van der Waals surface area contributed by atoms with E-state index in [9.17, 15) is 8.42 Å². The summed E-state index contributed by atoms with van der Waals surface area (Å²) in [5.41, 5.74) is 7.75. The van der Waals surface area contributed by atoms with Gasteiger partial charge in [0, 0.05) is 31.2 Å². The lowest BCUT2D eigenvalue weighted by molar-refractivity contribution is 0.398. The molecule has 1 unspecified atom stereocenters. The van der Waals surface area contributed by atoms with E-state index >= 15 is 0 Å². The molecule has 5 nitrogen and oxygen atoms in total. The van der Waals surface area contributed by atoms with Crippen LogP contribution in [0.25, 0.3) is 0 Å². The second-order valence-electron chi connectivity index (χ2n) is 4.95. The van der Waals surface area contributed by atoms with Crippen LogP contribution in [-0.2, 0) is 10.0 Å². The Kier molecular flexibility index (Phi) is 4.29. The Bertz CT molecular complexity index is 730. The SMILES string of the molecule is Cc1c(N)cccc1S(=O)(=O)N(C)C(C)c1ccncc1. The minimum Gasteiger partial charge on any atom is -0.398 e. The van der Waals surface area contributed by atoms with Gasteiger partial charge in [-0.3, -0.25) is 4.98 Å². The van der Waals surface area contributed by atoms with Crippen molar-refractivity contribution >= 4 is 15.7 Å². The maximum atomic E-state index is 12.8. The van der Waals surface area contributed by atoms with Crippen molar-refractivity contribution in [2.24, 2.45) is 0 Å². The molecule has 6 heteroatoms. The number of benzene rings is 1. The highest BCUT2D eigenvalue weighted by molar-refractivity contribution is 7.89. The Morgan fingerprint density at radius 3 is 2.43 bits per heavy atom. The van der Waals surface area contributed by atoms with E-state index in [2.05, 4.69) is 4.98 Å². The molecule has 0 saturated heterocycles. The van der Waals surface area contributed by atoms with Gasteiger partial charge >= 0.3 is 0 Å². The number of anilines is 1. The van der Waals surface area contributed by atoms with Crippen LogP contribution in [0, 0.1) is 6.92 Å². The lowest BCUT2D eigenvalue weighted by Crippen LogP contribution is -2.30. The lowest BCUT2D eigenvalue weighted by Gasteiger charge is -2.25. The zero-order valence-corrected chi connectivity index (χ0v) is 13.1. The molecule has 2 rings (SSSR count). The number of nitrogens with two attached hydrogens (primary N) is 1. The highest BCUT2D eigenvalue weighted by Gasteiger charge is 2.28. The van der Waals surface area contributed by atoms with E-state index in [4.69, 9.17) is 5.73 Å². The van der Waals surface area contributed by atoms with Crippen LogP contribution in [0.3, 0.4) is 0 Å². The van der Waals surface area contributed by atoms with E-state index in [1.807, 2.05) is 19.1 Å². The quantitative estimate of drug-likeness (QED) is 0.880. The summed E-state index contributed by atoms with van der Waals surface area (Å²) in [6, 6.07) is 8.25. The molecule has 0 aliphatic rings. The molecule has 1 heterocycles. The summed E-state index contributed by atoms with van der Waals surface area (Å²) >= 11 is 0. The molecule has 2 aromatic rings. The summed E-state index contributed by atoms with van der Waals surface area (Å²) in [5.74, 6) is 0. The first-order chi connectivity index (χ1) is 9.85. The average molecular weight is 305 g/mol. The molecular formula is C15H19N3O2S. The predicted molar refractivity (Wildman–Crippen MR) is 83.2 cm³/mol. The molecule has 112 valence electrons. The molecular weight excluding hydrogens is 286 g/mol. The Balaban J connectivity index is 2.42. The first kappa shape index (κ1) is 15.5. The molecule has 0 aliphatic carbocycles. The van der Waals surface area contributed by atoms with Gasteiger partial charge in [-0.05, 0) is 49.2 Å². The summed E-state index contributed by atoms with van der Waals surface area (Å²) in [5, 5.41) is 0. The zero-order chi connectivity index (χ0) is 15.6. The van der Waals surface area contributed by atoms with Crippen molar-refractivity contribution in [3.63, 3.8) is 0 Å². The minimum absolute atomic E-state index is 0.242. The van der Waals surface area contributed by atoms with Gasteiger partial charge in [0.2, 0.25) is 10.0 Å². The largest absolute Gasteiger partial charge is 0.398 e. The van der Waals surface area contributed by atoms with E-state index in [1.54, 1.807) is 44.6 Å². The zero-order valence-electron chi connectivity index (χ0n) is 12.3. The van der Waals surface area contributed by atoms with Crippen LogP contribution in [0.1, 0.15) is 24.1 Å². The maximum absolute atomic E-state index is 12.8. The van der Waals surface area contributed by atoms with Crippen molar-refractivity contribution < 1.29 is 8.42 Å². The fourth-order valence-electron chi connectivity index (χ4n) is 2.13. The van der Waals surface area contributed by atoms with E-state index in [0.717, 1.165) is 5.56 Å². The molecule has 0 fully saturated rings. The van der Waals surface area contributed by atoms with Crippen LogP contribution in [0.15, 0.2) is 47.6 Å². The first-order valence-corrected chi connectivity index (χ1v) is 8.02. The maximum Gasteiger partial charge on any atom is 0.243 e. The second-order valence-corrected chi connectivity index (χ2v) is 6.91. The smallest absolute Gasteiger partial charge is 0.243 e. The fourth-order valence-corrected chi connectivity index (χ4v) is 3.73. The van der Waals surface area contributed by atoms with Crippen LogP contribution < -0.4 is 5.73 Å². The van der Waals surface area contributed by atoms with Crippen molar-refractivity contribution in [3.05, 3.63) is 53.9 Å². The lowest BCUT2D eigenvalue weighted by atomic mass is 10.1. The Labute approximate surface area is 125 Å². The monoisotopic (exact) mass is 305 g/mol. The number of hydrogen-bond acceptors (Lipinski definition) is 4. The van der Waals surface area contributed by atoms with Gasteiger partial charge in [-0.15, -0.1) is 0 Å². The Morgan fingerprint density at radius 2 is 1.81 bits per heavy atom. The third-order valence-electron chi connectivity index (χ3n) is 3.72. The molecule has 1 aromatic carbocycles. The number of pyridine rings is 1. The summed E-state index contributed by atoms with van der Waals surface area (Å²) in [6.45, 7) is 3.56. The van der Waals surface area contributed by atoms with Gasteiger partial charge in [0.1, 0.15) is 0 Å². The third kappa shape index (κ3) is 2.91. The van der Waals surface area contributed by atoms with Crippen LogP contribution in [0.5, 0.6) is 0 Å². The highest BCUT2D eigenvalue weighted by Crippen LogP contribution is 2.28. The summed E-state index contributed by atoms with van der Waals surface area (Å²) < 4.78 is 26.9. The highest BCUT2D eigenvalue weighted by atomic mass is 32.2. The average Bonchev–Trinajstić information content (AvgIpc) is 2.49. The van der Waals surface area contributed by atoms with Crippen LogP contribution in [0.2, 0.25) is 0 Å². The molecule has 0 aliphatic heterocycles. The number of nitrogens with zero attached hydrogens (tertiary/aromatic N) is 2. The van der Waals surface area contributed by atoms with Crippen molar-refractivity contribution in [2.45, 2.75) is 24.8 Å². The van der Waals surface area contributed by atoms with Gasteiger partial charge < -0.3 is 5.73 Å². The van der Waals surface area contributed by atoms with E-state index < -0.39 is 10.0 Å². The van der Waals surface area contributed by atoms with Gasteiger partial charge in [-0.2, -0.15) is 4.31 Å². The van der Waals surface area contributed by atoms with Gasteiger partial charge in [-0.1, -0.05) is 6.07 Å². The number of rotatable bonds is 4. The Hall–Kier alpha value is -1.92. The molecule has 0 bridgehead atoms. The summed E-state index contributed by atoms with van der Waals surface area (Å²) in [6.07, 6.45) is 3.30. The van der Waals surface area contributed by atoms with Crippen LogP contribution in [0.4, 0.5) is 5.69 Å². The van der Waals surface area contributed by atoms with Crippen molar-refractivity contribution in [1.82, 2.24) is 9.29 Å². The normalized spacial score (nSPS) is 13.3. The van der Waals surface area contributed by atoms with Gasteiger partial charge in [0.05, 0.1) is 4.90 Å². The van der Waals surface area contributed by atoms with E-state index in [1.165, 1.54) is 4.31 Å². The molecule has 0 saturated carbocycles. The standard InChI is InChI=1S/C15H19N3O2S/c1-11-14(16)5-4-6-15(11)21(19,20)18(3)12(2)13-7-9-17-10-8-13/h4-10,12H,16H2,1-3H3. The van der Waals surface area contributed by atoms with Crippen molar-refractivity contribution in [2.75, 3.05) is 12.8 Å². The van der Waals surface area contributed by atoms with Gasteiger partial charge in [0.15, 0.2) is 0 Å². The number of aromatic nitrogens is 1. The van der Waals surface area contributed by atoms with E-state index in [-0.39, 0.29) is 10.9 Å². The van der Waals surface area contributed by atoms with Gasteiger partial charge in [0.25, 0.3) is 0 Å². The first-order valence-electron chi connectivity index (χ1n) is 6.58. The Morgan fingerprint density at radius 1 is 1.19 bits per heavy atom. The molecule has 0 spiro atoms. The summed E-state index contributed by atoms with van der Waals surface area (Å²) in [7, 11) is -2.03. The molecule has 2 N–H and O–H groups in total. The molecule has 0 amide bonds. The fraction of sp³-hybridized carbons (Fsp3) is 0.267. The predicted octanol–water partition coefficient (Wildman–Crippen LogP) is 2.35. The van der Waals surface area contributed by atoms with Crippen LogP contribution >= 0.6 is 0 Å². The molecule has 1 aromatic heterocycles. The number of nitrogen functional groups attached to an aromatic ring is 1. The molecule has 0 radical (unpaired) electrons. The molecule has 1 atom stereocenters. The van der Waals surface area contributed by atoms with Crippen molar-refractivity contribution in [1.29, 1.82) is 0 Å². The minimum atomic E-state index is -3.61. The topological polar surface area (TPSA) is 76.3 Å². The van der Waals surface area contributed by atoms with Gasteiger partial charge in [-0.25, -0.2) is 8.42 Å². The second kappa shape index (κ2) is 5.83. The van der Waals surface area contributed by atoms with E-state index in [0.29, 0.717) is 11.3 Å². The van der Waals surface area contributed by atoms with Crippen molar-refractivity contribution in [3.8, 4) is 0 Å². The summed E-state index contributed by atoms with van der Waals surface area (Å²) in [4.78, 5) is 4.19. The third-order valence-corrected chi connectivity index (χ3v) is 5.79. The number of hydrogen-bond donors (Lipinski definition) is 1. The van der Waals surface area contributed by atoms with Crippen LogP contribution in [-0.4, -0.2) is 24.8 Å². The molecule has 21 heavy (non-hydrogen) atoms.